The molecule has 0 spiro atoms. The predicted molar refractivity (Wildman–Crippen MR) is 92.1 cm³/mol. The molecule has 0 aromatic heterocycles. The lowest BCUT2D eigenvalue weighted by molar-refractivity contribution is 0.102. The number of rotatable bonds is 2. The lowest BCUT2D eigenvalue weighted by atomic mass is 9.66. The molecule has 1 aliphatic rings. The van der Waals surface area contributed by atoms with E-state index in [1.54, 1.807) is 19.1 Å². The van der Waals surface area contributed by atoms with Gasteiger partial charge in [-0.2, -0.15) is 0 Å². The van der Waals surface area contributed by atoms with Crippen molar-refractivity contribution in [3.05, 3.63) is 58.9 Å². The minimum atomic E-state index is -1.00. The van der Waals surface area contributed by atoms with E-state index in [0.717, 1.165) is 5.56 Å². The summed E-state index contributed by atoms with van der Waals surface area (Å²) in [6.07, 6.45) is 0. The molecule has 2 aromatic carbocycles. The van der Waals surface area contributed by atoms with Gasteiger partial charge in [-0.25, -0.2) is 4.39 Å². The van der Waals surface area contributed by atoms with Gasteiger partial charge in [0.15, 0.2) is 0 Å². The second-order valence-corrected chi connectivity index (χ2v) is 6.76. The van der Waals surface area contributed by atoms with Crippen LogP contribution < -0.4 is 10.8 Å². The first-order valence-electron chi connectivity index (χ1n) is 7.79. The Bertz CT molecular complexity index is 807. The number of halogens is 1. The molecule has 1 amide bonds. The molecule has 24 heavy (non-hydrogen) atoms. The van der Waals surface area contributed by atoms with Gasteiger partial charge in [0.05, 0.1) is 0 Å². The first-order valence-corrected chi connectivity index (χ1v) is 7.79. The van der Waals surface area contributed by atoms with Crippen molar-refractivity contribution >= 4 is 24.2 Å². The Labute approximate surface area is 140 Å². The molecule has 0 fully saturated rings. The number of nitrogens with one attached hydrogen (secondary N) is 1. The van der Waals surface area contributed by atoms with E-state index in [1.807, 2.05) is 19.9 Å². The topological polar surface area (TPSA) is 58.6 Å². The van der Waals surface area contributed by atoms with Crippen LogP contribution in [0.3, 0.4) is 0 Å². The molecule has 2 aromatic rings. The standard InChI is InChI=1S/C18H19BFNO3/c1-11-8-12(20)4-6-14(11)17(22)21-13-5-7-15-16(9-13)19(23)24-10-18(15,2)3/h4-9,23H,10H2,1-3H3,(H,21,22). The maximum absolute atomic E-state index is 13.2. The van der Waals surface area contributed by atoms with Crippen LogP contribution >= 0.6 is 0 Å². The Morgan fingerprint density at radius 1 is 1.29 bits per heavy atom. The number of carbonyl (C=O) groups excluding carboxylic acids is 1. The van der Waals surface area contributed by atoms with Crippen LogP contribution in [0.2, 0.25) is 0 Å². The lowest BCUT2D eigenvalue weighted by Gasteiger charge is -2.34. The summed E-state index contributed by atoms with van der Waals surface area (Å²) in [6, 6.07) is 9.46. The van der Waals surface area contributed by atoms with Crippen LogP contribution in [0.1, 0.15) is 35.3 Å². The van der Waals surface area contributed by atoms with E-state index in [1.165, 1.54) is 18.2 Å². The van der Waals surface area contributed by atoms with E-state index in [0.29, 0.717) is 28.9 Å². The molecule has 1 heterocycles. The maximum Gasteiger partial charge on any atom is 0.491 e. The highest BCUT2D eigenvalue weighted by Crippen LogP contribution is 2.27. The minimum absolute atomic E-state index is 0.204. The molecule has 0 bridgehead atoms. The van der Waals surface area contributed by atoms with Crippen molar-refractivity contribution in [1.82, 2.24) is 0 Å². The second-order valence-electron chi connectivity index (χ2n) is 6.76. The molecule has 0 saturated heterocycles. The third-order valence-electron chi connectivity index (χ3n) is 4.34. The number of hydrogen-bond donors (Lipinski definition) is 2. The molecule has 0 atom stereocenters. The van der Waals surface area contributed by atoms with Gasteiger partial charge in [-0.3, -0.25) is 4.79 Å². The first kappa shape index (κ1) is 16.7. The zero-order valence-corrected chi connectivity index (χ0v) is 13.9. The first-order chi connectivity index (χ1) is 11.3. The quantitative estimate of drug-likeness (QED) is 0.833. The second kappa shape index (κ2) is 6.04. The molecule has 0 unspecified atom stereocenters. The summed E-state index contributed by atoms with van der Waals surface area (Å²) in [4.78, 5) is 12.4. The van der Waals surface area contributed by atoms with Crippen molar-refractivity contribution in [2.75, 3.05) is 11.9 Å². The summed E-state index contributed by atoms with van der Waals surface area (Å²) in [5, 5.41) is 12.9. The average molecular weight is 327 g/mol. The Balaban J connectivity index is 1.89. The summed E-state index contributed by atoms with van der Waals surface area (Å²) < 4.78 is 18.6. The molecule has 2 N–H and O–H groups in total. The van der Waals surface area contributed by atoms with Crippen LogP contribution in [0.5, 0.6) is 0 Å². The fraction of sp³-hybridized carbons (Fsp3) is 0.278. The van der Waals surface area contributed by atoms with Crippen molar-refractivity contribution in [3.8, 4) is 0 Å². The average Bonchev–Trinajstić information content (AvgIpc) is 2.51. The number of benzene rings is 2. The fourth-order valence-corrected chi connectivity index (χ4v) is 3.00. The normalized spacial score (nSPS) is 15.8. The van der Waals surface area contributed by atoms with Gasteiger partial charge in [0.1, 0.15) is 5.82 Å². The van der Waals surface area contributed by atoms with Crippen LogP contribution in [-0.2, 0) is 10.1 Å². The van der Waals surface area contributed by atoms with Crippen molar-refractivity contribution in [2.24, 2.45) is 0 Å². The van der Waals surface area contributed by atoms with Crippen LogP contribution in [0, 0.1) is 12.7 Å². The number of aryl methyl sites for hydroxylation is 1. The van der Waals surface area contributed by atoms with Crippen molar-refractivity contribution in [2.45, 2.75) is 26.2 Å². The van der Waals surface area contributed by atoms with E-state index in [4.69, 9.17) is 4.65 Å². The zero-order chi connectivity index (χ0) is 17.5. The minimum Gasteiger partial charge on any atom is -0.423 e. The van der Waals surface area contributed by atoms with Crippen molar-refractivity contribution < 1.29 is 18.9 Å². The molecule has 0 radical (unpaired) electrons. The third-order valence-corrected chi connectivity index (χ3v) is 4.34. The van der Waals surface area contributed by atoms with E-state index in [9.17, 15) is 14.2 Å². The number of fused-ring (bicyclic) bond motifs is 1. The van der Waals surface area contributed by atoms with Crippen molar-refractivity contribution in [3.63, 3.8) is 0 Å². The van der Waals surface area contributed by atoms with Gasteiger partial charge in [-0.05, 0) is 53.8 Å². The largest absolute Gasteiger partial charge is 0.491 e. The van der Waals surface area contributed by atoms with Gasteiger partial charge in [0.2, 0.25) is 0 Å². The Kier molecular flexibility index (Phi) is 4.19. The molecule has 0 saturated carbocycles. The smallest absolute Gasteiger partial charge is 0.423 e. The molecular formula is C18H19BFNO3. The monoisotopic (exact) mass is 327 g/mol. The summed E-state index contributed by atoms with van der Waals surface area (Å²) in [5.74, 6) is -0.696. The van der Waals surface area contributed by atoms with Crippen LogP contribution in [-0.4, -0.2) is 24.7 Å². The van der Waals surface area contributed by atoms with E-state index in [-0.39, 0.29) is 17.1 Å². The summed E-state index contributed by atoms with van der Waals surface area (Å²) in [6.45, 7) is 6.20. The molecule has 6 heteroatoms. The lowest BCUT2D eigenvalue weighted by Crippen LogP contribution is -2.48. The van der Waals surface area contributed by atoms with Gasteiger partial charge in [0.25, 0.3) is 5.91 Å². The molecule has 124 valence electrons. The van der Waals surface area contributed by atoms with Crippen LogP contribution in [0.15, 0.2) is 36.4 Å². The number of hydrogen-bond acceptors (Lipinski definition) is 3. The Morgan fingerprint density at radius 2 is 2.04 bits per heavy atom. The van der Waals surface area contributed by atoms with Gasteiger partial charge in [-0.1, -0.05) is 19.9 Å². The SMILES string of the molecule is Cc1cc(F)ccc1C(=O)Nc1ccc2c(c1)B(O)OCC2(C)C. The highest BCUT2D eigenvalue weighted by atomic mass is 19.1. The Hall–Kier alpha value is -2.18. The predicted octanol–water partition coefficient (Wildman–Crippen LogP) is 2.38. The number of anilines is 1. The molecular weight excluding hydrogens is 308 g/mol. The summed E-state index contributed by atoms with van der Waals surface area (Å²) >= 11 is 0. The van der Waals surface area contributed by atoms with E-state index in [2.05, 4.69) is 5.32 Å². The van der Waals surface area contributed by atoms with E-state index >= 15 is 0 Å². The van der Waals surface area contributed by atoms with Gasteiger partial charge < -0.3 is 15.0 Å². The van der Waals surface area contributed by atoms with Gasteiger partial charge in [0, 0.05) is 23.3 Å². The molecule has 4 nitrogen and oxygen atoms in total. The zero-order valence-electron chi connectivity index (χ0n) is 13.9. The molecule has 1 aliphatic heterocycles. The third kappa shape index (κ3) is 3.07. The molecule has 3 rings (SSSR count). The van der Waals surface area contributed by atoms with E-state index < -0.39 is 7.12 Å². The maximum atomic E-state index is 13.2. The van der Waals surface area contributed by atoms with Crippen molar-refractivity contribution in [1.29, 1.82) is 0 Å². The van der Waals surface area contributed by atoms with Crippen LogP contribution in [0.25, 0.3) is 0 Å². The highest BCUT2D eigenvalue weighted by molar-refractivity contribution is 6.61. The highest BCUT2D eigenvalue weighted by Gasteiger charge is 2.36. The fourth-order valence-electron chi connectivity index (χ4n) is 3.00. The summed E-state index contributed by atoms with van der Waals surface area (Å²) in [5.41, 5.74) is 2.98. The Morgan fingerprint density at radius 3 is 2.75 bits per heavy atom. The van der Waals surface area contributed by atoms with Gasteiger partial charge in [-0.15, -0.1) is 0 Å². The summed E-state index contributed by atoms with van der Waals surface area (Å²) in [7, 11) is -1.00. The number of amides is 1. The molecule has 0 aliphatic carbocycles. The number of carbonyl (C=O) groups is 1. The van der Waals surface area contributed by atoms with Crippen LogP contribution in [0.4, 0.5) is 10.1 Å². The van der Waals surface area contributed by atoms with Gasteiger partial charge >= 0.3 is 7.12 Å².